The number of rotatable bonds is 5. The van der Waals surface area contributed by atoms with Crippen LogP contribution in [0.25, 0.3) is 27.9 Å². The topological polar surface area (TPSA) is 72.4 Å². The molecule has 5 aromatic rings. The van der Waals surface area contributed by atoms with E-state index in [1.807, 2.05) is 66.7 Å². The van der Waals surface area contributed by atoms with Gasteiger partial charge in [0.15, 0.2) is 5.65 Å². The first kappa shape index (κ1) is 22.1. The zero-order valence-electron chi connectivity index (χ0n) is 18.8. The summed E-state index contributed by atoms with van der Waals surface area (Å²) in [6.07, 6.45) is 5.21. The van der Waals surface area contributed by atoms with E-state index in [1.165, 1.54) is 4.68 Å². The second-order valence-corrected chi connectivity index (χ2v) is 9.17. The average Bonchev–Trinajstić information content (AvgIpc) is 3.14. The van der Waals surface area contributed by atoms with Crippen molar-refractivity contribution in [2.45, 2.75) is 26.0 Å². The summed E-state index contributed by atoms with van der Waals surface area (Å²) in [5.41, 5.74) is 4.84. The number of hydrogen-bond donors (Lipinski definition) is 1. The Kier molecular flexibility index (Phi) is 5.55. The fourth-order valence-electron chi connectivity index (χ4n) is 4.05. The van der Waals surface area contributed by atoms with Crippen LogP contribution in [0, 0.1) is 0 Å². The fraction of sp³-hybridized carbons (Fsp3) is 0.148. The molecule has 2 aromatic carbocycles. The summed E-state index contributed by atoms with van der Waals surface area (Å²) >= 11 is 6.10. The Balaban J connectivity index is 1.65. The molecule has 0 amide bonds. The first-order valence-corrected chi connectivity index (χ1v) is 11.3. The fourth-order valence-corrected chi connectivity index (χ4v) is 4.17. The Bertz CT molecular complexity index is 1510. The van der Waals surface area contributed by atoms with E-state index in [1.54, 1.807) is 36.8 Å². The first-order valence-electron chi connectivity index (χ1n) is 10.9. The lowest BCUT2D eigenvalue weighted by Crippen LogP contribution is -2.21. The molecule has 6 nitrogen and oxygen atoms in total. The molecule has 0 radical (unpaired) electrons. The van der Waals surface area contributed by atoms with Crippen molar-refractivity contribution in [1.29, 1.82) is 0 Å². The summed E-state index contributed by atoms with van der Waals surface area (Å²) in [5, 5.41) is 15.6. The van der Waals surface area contributed by atoms with Gasteiger partial charge < -0.3 is 5.11 Å². The quantitative estimate of drug-likeness (QED) is 0.385. The predicted molar refractivity (Wildman–Crippen MR) is 134 cm³/mol. The Hall–Kier alpha value is -3.74. The van der Waals surface area contributed by atoms with Gasteiger partial charge in [-0.3, -0.25) is 4.98 Å². The number of hydrogen-bond acceptors (Lipinski definition) is 4. The molecule has 0 aliphatic heterocycles. The summed E-state index contributed by atoms with van der Waals surface area (Å²) in [7, 11) is 0. The normalized spacial score (nSPS) is 11.8. The molecule has 0 saturated heterocycles. The number of halogens is 1. The lowest BCUT2D eigenvalue weighted by atomic mass is 9.96. The lowest BCUT2D eigenvalue weighted by molar-refractivity contribution is 0.0786. The molecular weight excluding hydrogens is 448 g/mol. The third-order valence-electron chi connectivity index (χ3n) is 5.87. The SMILES string of the molecule is CC(C)(O)c1ccc(Cn2nc3c(-c4ccncc4)c(-c4ccc(Cl)cc4)ccn3c2=O)cc1. The van der Waals surface area contributed by atoms with E-state index in [-0.39, 0.29) is 5.69 Å². The van der Waals surface area contributed by atoms with Crippen molar-refractivity contribution in [3.05, 3.63) is 112 Å². The highest BCUT2D eigenvalue weighted by atomic mass is 35.5. The average molecular weight is 471 g/mol. The minimum absolute atomic E-state index is 0.223. The molecular formula is C27H23ClN4O2. The van der Waals surface area contributed by atoms with Gasteiger partial charge in [-0.1, -0.05) is 48.0 Å². The third-order valence-corrected chi connectivity index (χ3v) is 6.12. The molecule has 0 saturated carbocycles. The molecule has 3 aromatic heterocycles. The molecule has 0 unspecified atom stereocenters. The number of pyridine rings is 2. The van der Waals surface area contributed by atoms with Gasteiger partial charge in [-0.15, -0.1) is 5.10 Å². The van der Waals surface area contributed by atoms with Crippen molar-refractivity contribution in [3.63, 3.8) is 0 Å². The molecule has 0 atom stereocenters. The predicted octanol–water partition coefficient (Wildman–Crippen LogP) is 5.15. The van der Waals surface area contributed by atoms with Crippen LogP contribution in [-0.2, 0) is 12.1 Å². The highest BCUT2D eigenvalue weighted by Gasteiger charge is 2.18. The Morgan fingerprint density at radius 3 is 2.24 bits per heavy atom. The number of nitrogens with zero attached hydrogens (tertiary/aromatic N) is 4. The van der Waals surface area contributed by atoms with E-state index in [0.29, 0.717) is 17.2 Å². The molecule has 1 N–H and O–H groups in total. The van der Waals surface area contributed by atoms with Gasteiger partial charge in [0, 0.05) is 29.2 Å². The van der Waals surface area contributed by atoms with Gasteiger partial charge in [-0.2, -0.15) is 0 Å². The third kappa shape index (κ3) is 4.14. The standard InChI is InChI=1S/C27H23ClN4O2/c1-27(2,34)21-7-3-18(4-8-21)17-32-26(33)31-16-13-23(19-5-9-22(28)10-6-19)24(25(31)30-32)20-11-14-29-15-12-20/h3-16,34H,17H2,1-2H3. The van der Waals surface area contributed by atoms with Gasteiger partial charge in [-0.05, 0) is 72.0 Å². The number of fused-ring (bicyclic) bond motifs is 1. The summed E-state index contributed by atoms with van der Waals surface area (Å²) in [4.78, 5) is 17.4. The summed E-state index contributed by atoms with van der Waals surface area (Å²) in [6, 6.07) is 20.9. The second kappa shape index (κ2) is 8.56. The molecule has 7 heteroatoms. The van der Waals surface area contributed by atoms with Crippen LogP contribution in [0.4, 0.5) is 0 Å². The highest BCUT2D eigenvalue weighted by Crippen LogP contribution is 2.34. The molecule has 34 heavy (non-hydrogen) atoms. The maximum Gasteiger partial charge on any atom is 0.350 e. The lowest BCUT2D eigenvalue weighted by Gasteiger charge is -2.17. The molecule has 3 heterocycles. The van der Waals surface area contributed by atoms with Crippen molar-refractivity contribution < 1.29 is 5.11 Å². The summed E-state index contributed by atoms with van der Waals surface area (Å²) in [6.45, 7) is 3.81. The largest absolute Gasteiger partial charge is 0.386 e. The van der Waals surface area contributed by atoms with Crippen molar-refractivity contribution in [2.24, 2.45) is 0 Å². The van der Waals surface area contributed by atoms with Crippen molar-refractivity contribution >= 4 is 17.2 Å². The van der Waals surface area contributed by atoms with Crippen LogP contribution in [0.1, 0.15) is 25.0 Å². The van der Waals surface area contributed by atoms with Gasteiger partial charge in [-0.25, -0.2) is 13.9 Å². The number of aliphatic hydroxyl groups is 1. The van der Waals surface area contributed by atoms with E-state index in [0.717, 1.165) is 33.4 Å². The second-order valence-electron chi connectivity index (χ2n) is 8.74. The van der Waals surface area contributed by atoms with Gasteiger partial charge >= 0.3 is 5.69 Å². The van der Waals surface area contributed by atoms with Crippen LogP contribution in [0.15, 0.2) is 90.1 Å². The molecule has 5 rings (SSSR count). The molecule has 0 spiro atoms. The van der Waals surface area contributed by atoms with E-state index in [9.17, 15) is 9.90 Å². The van der Waals surface area contributed by atoms with E-state index >= 15 is 0 Å². The van der Waals surface area contributed by atoms with Gasteiger partial charge in [0.1, 0.15) is 0 Å². The zero-order chi connectivity index (χ0) is 23.9. The van der Waals surface area contributed by atoms with E-state index < -0.39 is 5.60 Å². The van der Waals surface area contributed by atoms with Crippen LogP contribution >= 0.6 is 11.6 Å². The maximum atomic E-state index is 13.2. The van der Waals surface area contributed by atoms with Crippen molar-refractivity contribution in [2.75, 3.05) is 0 Å². The van der Waals surface area contributed by atoms with Gasteiger partial charge in [0.05, 0.1) is 12.1 Å². The first-order chi connectivity index (χ1) is 16.3. The minimum Gasteiger partial charge on any atom is -0.386 e. The zero-order valence-corrected chi connectivity index (χ0v) is 19.6. The van der Waals surface area contributed by atoms with Gasteiger partial charge in [0.2, 0.25) is 0 Å². The van der Waals surface area contributed by atoms with Crippen LogP contribution in [0.2, 0.25) is 5.02 Å². The molecule has 0 aliphatic carbocycles. The minimum atomic E-state index is -0.921. The Labute approximate surface area is 201 Å². The summed E-state index contributed by atoms with van der Waals surface area (Å²) < 4.78 is 3.03. The number of aromatic nitrogens is 4. The molecule has 0 aliphatic rings. The van der Waals surface area contributed by atoms with E-state index in [2.05, 4.69) is 4.98 Å². The van der Waals surface area contributed by atoms with Gasteiger partial charge in [0.25, 0.3) is 0 Å². The Morgan fingerprint density at radius 2 is 1.59 bits per heavy atom. The van der Waals surface area contributed by atoms with Crippen molar-refractivity contribution in [3.8, 4) is 22.3 Å². The molecule has 0 bridgehead atoms. The van der Waals surface area contributed by atoms with Crippen LogP contribution in [0.3, 0.4) is 0 Å². The van der Waals surface area contributed by atoms with E-state index in [4.69, 9.17) is 16.7 Å². The van der Waals surface area contributed by atoms with Crippen molar-refractivity contribution in [1.82, 2.24) is 19.2 Å². The van der Waals surface area contributed by atoms with Crippen LogP contribution < -0.4 is 5.69 Å². The Morgan fingerprint density at radius 1 is 0.912 bits per heavy atom. The molecule has 0 fully saturated rings. The maximum absolute atomic E-state index is 13.2. The van der Waals surface area contributed by atoms with Crippen LogP contribution in [0.5, 0.6) is 0 Å². The number of benzene rings is 2. The smallest absolute Gasteiger partial charge is 0.350 e. The van der Waals surface area contributed by atoms with Crippen LogP contribution in [-0.4, -0.2) is 24.3 Å². The molecule has 170 valence electrons. The summed E-state index contributed by atoms with van der Waals surface area (Å²) in [5.74, 6) is 0. The highest BCUT2D eigenvalue weighted by molar-refractivity contribution is 6.30. The monoisotopic (exact) mass is 470 g/mol.